The van der Waals surface area contributed by atoms with E-state index in [0.717, 1.165) is 11.3 Å². The molecule has 2 aromatic rings. The zero-order valence-corrected chi connectivity index (χ0v) is 11.7. The van der Waals surface area contributed by atoms with Crippen molar-refractivity contribution < 1.29 is 9.18 Å². The Labute approximate surface area is 127 Å². The number of allylic oxidation sites excluding steroid dienone is 1. The van der Waals surface area contributed by atoms with Crippen molar-refractivity contribution in [3.8, 4) is 6.07 Å². The Bertz CT molecular complexity index is 787. The average Bonchev–Trinajstić information content (AvgIpc) is 2.60. The number of benzene rings is 2. The van der Waals surface area contributed by atoms with Gasteiger partial charge in [-0.3, -0.25) is 4.79 Å². The molecule has 0 saturated heterocycles. The molecule has 0 amide bonds. The van der Waals surface area contributed by atoms with Crippen LogP contribution < -0.4 is 5.32 Å². The number of alkyl halides is 1. The first-order valence-corrected chi connectivity index (χ1v) is 6.90. The predicted molar refractivity (Wildman–Crippen MR) is 83.0 cm³/mol. The van der Waals surface area contributed by atoms with Crippen molar-refractivity contribution in [1.82, 2.24) is 0 Å². The molecule has 1 aliphatic heterocycles. The quantitative estimate of drug-likeness (QED) is 0.877. The third-order valence-corrected chi connectivity index (χ3v) is 3.62. The molecule has 1 N–H and O–H groups in total. The number of para-hydroxylation sites is 1. The first kappa shape index (κ1) is 14.0. The first-order valence-electron chi connectivity index (χ1n) is 6.90. The highest BCUT2D eigenvalue weighted by Crippen LogP contribution is 2.31. The highest BCUT2D eigenvalue weighted by molar-refractivity contribution is 6.30. The van der Waals surface area contributed by atoms with Gasteiger partial charge in [-0.2, -0.15) is 5.26 Å². The van der Waals surface area contributed by atoms with Gasteiger partial charge in [0.15, 0.2) is 5.78 Å². The van der Waals surface area contributed by atoms with Gasteiger partial charge in [0.2, 0.25) is 0 Å². The lowest BCUT2D eigenvalue weighted by Gasteiger charge is -2.22. The van der Waals surface area contributed by atoms with Crippen molar-refractivity contribution in [2.24, 2.45) is 0 Å². The van der Waals surface area contributed by atoms with Gasteiger partial charge >= 0.3 is 0 Å². The maximum Gasteiger partial charge on any atom is 0.193 e. The minimum absolute atomic E-state index is 0.167. The lowest BCUT2D eigenvalue weighted by molar-refractivity contribution is 0.105. The molecule has 1 atom stereocenters. The zero-order chi connectivity index (χ0) is 15.5. The van der Waals surface area contributed by atoms with E-state index in [4.69, 9.17) is 5.26 Å². The molecule has 2 aromatic carbocycles. The van der Waals surface area contributed by atoms with E-state index in [9.17, 15) is 9.18 Å². The Hall–Kier alpha value is -2.93. The van der Waals surface area contributed by atoms with Crippen LogP contribution in [0.25, 0.3) is 5.57 Å². The van der Waals surface area contributed by atoms with Crippen LogP contribution in [-0.4, -0.2) is 11.8 Å². The summed E-state index contributed by atoms with van der Waals surface area (Å²) in [5.41, 5.74) is 3.05. The van der Waals surface area contributed by atoms with Crippen molar-refractivity contribution in [2.45, 2.75) is 12.7 Å². The van der Waals surface area contributed by atoms with Crippen LogP contribution in [0.15, 0.2) is 54.6 Å². The number of hydrogen-bond acceptors (Lipinski definition) is 3. The molecule has 1 heterocycles. The third kappa shape index (κ3) is 2.49. The largest absolute Gasteiger partial charge is 0.366 e. The average molecular weight is 292 g/mol. The molecule has 3 rings (SSSR count). The summed E-state index contributed by atoms with van der Waals surface area (Å²) in [6.45, 7) is -0.555. The minimum Gasteiger partial charge on any atom is -0.366 e. The summed E-state index contributed by atoms with van der Waals surface area (Å²) in [5, 5.41) is 12.2. The molecule has 1 unspecified atom stereocenters. The van der Waals surface area contributed by atoms with E-state index in [1.165, 1.54) is 0 Å². The van der Waals surface area contributed by atoms with Crippen LogP contribution in [0.4, 0.5) is 10.1 Å². The molecule has 4 heteroatoms. The second kappa shape index (κ2) is 5.82. The molecule has 22 heavy (non-hydrogen) atoms. The molecule has 0 spiro atoms. The van der Waals surface area contributed by atoms with Gasteiger partial charge in [-0.25, -0.2) is 4.39 Å². The van der Waals surface area contributed by atoms with Gasteiger partial charge in [0.25, 0.3) is 0 Å². The molecular weight excluding hydrogens is 279 g/mol. The highest BCUT2D eigenvalue weighted by atomic mass is 19.1. The van der Waals surface area contributed by atoms with E-state index < -0.39 is 12.7 Å². The van der Waals surface area contributed by atoms with Crippen LogP contribution in [-0.2, 0) is 6.67 Å². The van der Waals surface area contributed by atoms with Gasteiger partial charge in [-0.1, -0.05) is 42.5 Å². The van der Waals surface area contributed by atoms with Crippen LogP contribution in [0.3, 0.4) is 0 Å². The van der Waals surface area contributed by atoms with E-state index in [1.807, 2.05) is 24.3 Å². The number of hydrogen-bond donors (Lipinski definition) is 1. The van der Waals surface area contributed by atoms with E-state index in [1.54, 1.807) is 30.3 Å². The summed E-state index contributed by atoms with van der Waals surface area (Å²) in [6, 6.07) is 15.4. The molecule has 0 bridgehead atoms. The normalized spacial score (nSPS) is 16.0. The number of Topliss-reactive ketones (excluding diaryl/α,β-unsaturated/α-hetero) is 1. The molecule has 0 fully saturated rings. The van der Waals surface area contributed by atoms with Gasteiger partial charge < -0.3 is 5.32 Å². The minimum atomic E-state index is -0.555. The standard InChI is InChI=1S/C18H13FN2O/c19-10-12-5-7-13(8-6-12)18(22)16-9-14(11-20)21-17-4-2-1-3-15(16)17/h1-9,14,21H,10H2. The topological polar surface area (TPSA) is 52.9 Å². The molecule has 1 aliphatic rings. The summed E-state index contributed by atoms with van der Waals surface area (Å²) in [5.74, 6) is -0.167. The fraction of sp³-hybridized carbons (Fsp3) is 0.111. The third-order valence-electron chi connectivity index (χ3n) is 3.62. The summed E-state index contributed by atoms with van der Waals surface area (Å²) in [7, 11) is 0. The summed E-state index contributed by atoms with van der Waals surface area (Å²) in [4.78, 5) is 12.7. The molecule has 0 radical (unpaired) electrons. The van der Waals surface area contributed by atoms with Crippen LogP contribution in [0.1, 0.15) is 21.5 Å². The predicted octanol–water partition coefficient (Wildman–Crippen LogP) is 3.74. The molecule has 0 saturated carbocycles. The number of ketones is 1. The van der Waals surface area contributed by atoms with Gasteiger partial charge in [-0.05, 0) is 17.7 Å². The molecule has 0 aromatic heterocycles. The number of nitrogens with one attached hydrogen (secondary N) is 1. The van der Waals surface area contributed by atoms with Gasteiger partial charge in [-0.15, -0.1) is 0 Å². The Kier molecular flexibility index (Phi) is 3.71. The number of rotatable bonds is 3. The van der Waals surface area contributed by atoms with Crippen molar-refractivity contribution in [3.63, 3.8) is 0 Å². The zero-order valence-electron chi connectivity index (χ0n) is 11.7. The van der Waals surface area contributed by atoms with Crippen molar-refractivity contribution in [3.05, 3.63) is 71.3 Å². The Morgan fingerprint density at radius 3 is 2.59 bits per heavy atom. The Balaban J connectivity index is 2.02. The molecule has 0 aliphatic carbocycles. The van der Waals surface area contributed by atoms with E-state index in [2.05, 4.69) is 11.4 Å². The summed E-state index contributed by atoms with van der Waals surface area (Å²) >= 11 is 0. The molecular formula is C18H13FN2O. The fourth-order valence-electron chi connectivity index (χ4n) is 2.48. The van der Waals surface area contributed by atoms with Crippen LogP contribution >= 0.6 is 0 Å². The monoisotopic (exact) mass is 292 g/mol. The summed E-state index contributed by atoms with van der Waals surface area (Å²) < 4.78 is 12.6. The number of carbonyl (C=O) groups excluding carboxylic acids is 1. The van der Waals surface area contributed by atoms with Crippen molar-refractivity contribution in [2.75, 3.05) is 5.32 Å². The maximum absolute atomic E-state index is 12.7. The van der Waals surface area contributed by atoms with Crippen molar-refractivity contribution in [1.29, 1.82) is 5.26 Å². The lowest BCUT2D eigenvalue weighted by Crippen LogP contribution is -2.22. The Morgan fingerprint density at radius 1 is 1.18 bits per heavy atom. The molecule has 3 nitrogen and oxygen atoms in total. The number of halogens is 1. The fourth-order valence-corrected chi connectivity index (χ4v) is 2.48. The maximum atomic E-state index is 12.7. The van der Waals surface area contributed by atoms with Crippen LogP contribution in [0.2, 0.25) is 0 Å². The number of fused-ring (bicyclic) bond motifs is 1. The number of anilines is 1. The van der Waals surface area contributed by atoms with Gasteiger partial charge in [0.05, 0.1) is 6.07 Å². The number of nitrogens with zero attached hydrogens (tertiary/aromatic N) is 1. The highest BCUT2D eigenvalue weighted by Gasteiger charge is 2.23. The second-order valence-corrected chi connectivity index (χ2v) is 5.04. The number of carbonyl (C=O) groups is 1. The van der Waals surface area contributed by atoms with Crippen LogP contribution in [0, 0.1) is 11.3 Å². The second-order valence-electron chi connectivity index (χ2n) is 5.04. The van der Waals surface area contributed by atoms with Crippen molar-refractivity contribution >= 4 is 17.0 Å². The summed E-state index contributed by atoms with van der Waals surface area (Å²) in [6.07, 6.45) is 1.63. The SMILES string of the molecule is N#CC1C=C(C(=O)c2ccc(CF)cc2)c2ccccc2N1. The van der Waals surface area contributed by atoms with E-state index in [0.29, 0.717) is 16.7 Å². The van der Waals surface area contributed by atoms with E-state index in [-0.39, 0.29) is 5.78 Å². The lowest BCUT2D eigenvalue weighted by atomic mass is 9.91. The smallest absolute Gasteiger partial charge is 0.193 e. The first-order chi connectivity index (χ1) is 10.7. The van der Waals surface area contributed by atoms with E-state index >= 15 is 0 Å². The number of nitriles is 1. The Morgan fingerprint density at radius 2 is 1.91 bits per heavy atom. The van der Waals surface area contributed by atoms with Gasteiger partial charge in [0.1, 0.15) is 12.7 Å². The van der Waals surface area contributed by atoms with Crippen LogP contribution in [0.5, 0.6) is 0 Å². The molecule has 108 valence electrons. The van der Waals surface area contributed by atoms with Gasteiger partial charge in [0, 0.05) is 22.4 Å².